The number of hydrogen-bond donors (Lipinski definition) is 1. The van der Waals surface area contributed by atoms with Gasteiger partial charge in [0.25, 0.3) is 0 Å². The van der Waals surface area contributed by atoms with Crippen molar-refractivity contribution in [1.29, 1.82) is 0 Å². The summed E-state index contributed by atoms with van der Waals surface area (Å²) in [6.45, 7) is 10.6. The van der Waals surface area contributed by atoms with Gasteiger partial charge in [-0.2, -0.15) is 0 Å². The van der Waals surface area contributed by atoms with Crippen LogP contribution in [0.3, 0.4) is 0 Å². The molecule has 25 heavy (non-hydrogen) atoms. The fraction of sp³-hybridized carbons (Fsp3) is 0.579. The molecule has 0 saturated carbocycles. The summed E-state index contributed by atoms with van der Waals surface area (Å²) in [4.78, 5) is 26.9. The van der Waals surface area contributed by atoms with Gasteiger partial charge in [-0.15, -0.1) is 11.8 Å². The Morgan fingerprint density at radius 3 is 2.68 bits per heavy atom. The first-order chi connectivity index (χ1) is 11.7. The van der Waals surface area contributed by atoms with Crippen molar-refractivity contribution < 1.29 is 14.3 Å². The Morgan fingerprint density at radius 1 is 1.36 bits per heavy atom. The predicted octanol–water partition coefficient (Wildman–Crippen LogP) is 3.67. The molecule has 2 amide bonds. The van der Waals surface area contributed by atoms with Gasteiger partial charge in [0.05, 0.1) is 12.5 Å². The number of benzene rings is 1. The second kappa shape index (κ2) is 8.13. The van der Waals surface area contributed by atoms with Gasteiger partial charge in [0.15, 0.2) is 0 Å². The van der Waals surface area contributed by atoms with Crippen molar-refractivity contribution in [3.63, 3.8) is 0 Å². The van der Waals surface area contributed by atoms with Gasteiger partial charge in [-0.25, -0.2) is 0 Å². The van der Waals surface area contributed by atoms with Crippen LogP contribution < -0.4 is 10.1 Å². The van der Waals surface area contributed by atoms with E-state index in [0.717, 1.165) is 17.0 Å². The molecular weight excluding hydrogens is 336 g/mol. The number of carbonyl (C=O) groups excluding carboxylic acids is 2. The first kappa shape index (κ1) is 19.6. The van der Waals surface area contributed by atoms with Gasteiger partial charge in [0, 0.05) is 17.9 Å². The molecule has 1 N–H and O–H groups in total. The molecule has 2 rings (SSSR count). The van der Waals surface area contributed by atoms with Crippen molar-refractivity contribution in [2.24, 2.45) is 5.41 Å². The van der Waals surface area contributed by atoms with Gasteiger partial charge in [0.1, 0.15) is 11.8 Å². The molecule has 0 bridgehead atoms. The van der Waals surface area contributed by atoms with Crippen molar-refractivity contribution >= 4 is 29.3 Å². The number of nitrogens with zero attached hydrogens (tertiary/aromatic N) is 1. The minimum absolute atomic E-state index is 0.0422. The third kappa shape index (κ3) is 5.39. The Labute approximate surface area is 154 Å². The fourth-order valence-electron chi connectivity index (χ4n) is 2.73. The molecule has 138 valence electrons. The van der Waals surface area contributed by atoms with E-state index in [-0.39, 0.29) is 17.2 Å². The summed E-state index contributed by atoms with van der Waals surface area (Å²) in [5, 5.41) is 2.94. The highest BCUT2D eigenvalue weighted by Gasteiger charge is 2.35. The van der Waals surface area contributed by atoms with Gasteiger partial charge in [-0.3, -0.25) is 9.59 Å². The number of carbonyl (C=O) groups is 2. The van der Waals surface area contributed by atoms with E-state index in [9.17, 15) is 9.59 Å². The number of ether oxygens (including phenoxy) is 1. The molecule has 1 atom stereocenters. The quantitative estimate of drug-likeness (QED) is 0.866. The molecule has 1 saturated heterocycles. The molecule has 5 nitrogen and oxygen atoms in total. The van der Waals surface area contributed by atoms with E-state index in [1.165, 1.54) is 0 Å². The Morgan fingerprint density at radius 2 is 2.08 bits per heavy atom. The monoisotopic (exact) mass is 364 g/mol. The summed E-state index contributed by atoms with van der Waals surface area (Å²) in [6, 6.07) is 5.18. The first-order valence-electron chi connectivity index (χ1n) is 8.63. The number of hydrogen-bond acceptors (Lipinski definition) is 4. The maximum absolute atomic E-state index is 12.7. The van der Waals surface area contributed by atoms with Crippen LogP contribution in [0.1, 0.15) is 39.7 Å². The third-order valence-corrected chi connectivity index (χ3v) is 4.94. The van der Waals surface area contributed by atoms with Gasteiger partial charge in [-0.1, -0.05) is 20.8 Å². The second-order valence-electron chi connectivity index (χ2n) is 7.52. The van der Waals surface area contributed by atoms with Crippen LogP contribution in [-0.4, -0.2) is 41.0 Å². The van der Waals surface area contributed by atoms with E-state index in [1.54, 1.807) is 16.7 Å². The number of anilines is 1. The maximum Gasteiger partial charge on any atom is 0.248 e. The molecule has 0 aliphatic carbocycles. The summed E-state index contributed by atoms with van der Waals surface area (Å²) < 4.78 is 5.52. The van der Waals surface area contributed by atoms with Crippen LogP contribution in [0, 0.1) is 12.3 Å². The summed E-state index contributed by atoms with van der Waals surface area (Å²) in [6.07, 6.45) is 0.444. The molecule has 0 spiro atoms. The standard InChI is InChI=1S/C19H28N2O3S/c1-6-24-16-8-7-14(9-13(16)2)20-18(23)15-11-25-12-21(15)17(22)10-19(3,4)5/h7-9,15H,6,10-12H2,1-5H3,(H,20,23). The minimum atomic E-state index is -0.410. The maximum atomic E-state index is 12.7. The van der Waals surface area contributed by atoms with Gasteiger partial charge >= 0.3 is 0 Å². The lowest BCUT2D eigenvalue weighted by molar-refractivity contribution is -0.137. The van der Waals surface area contributed by atoms with E-state index < -0.39 is 6.04 Å². The van der Waals surface area contributed by atoms with Crippen LogP contribution in [-0.2, 0) is 9.59 Å². The topological polar surface area (TPSA) is 58.6 Å². The van der Waals surface area contributed by atoms with Crippen LogP contribution in [0.2, 0.25) is 0 Å². The van der Waals surface area contributed by atoms with Gasteiger partial charge in [0.2, 0.25) is 11.8 Å². The van der Waals surface area contributed by atoms with E-state index in [1.807, 2.05) is 52.8 Å². The Bertz CT molecular complexity index is 640. The second-order valence-corrected chi connectivity index (χ2v) is 8.52. The Kier molecular flexibility index (Phi) is 6.38. The van der Waals surface area contributed by atoms with Crippen LogP contribution in [0.25, 0.3) is 0 Å². The number of rotatable bonds is 5. The van der Waals surface area contributed by atoms with Crippen molar-refractivity contribution in [1.82, 2.24) is 4.90 Å². The molecule has 1 aliphatic heterocycles. The number of nitrogens with one attached hydrogen (secondary N) is 1. The van der Waals surface area contributed by atoms with Gasteiger partial charge < -0.3 is 15.0 Å². The normalized spacial score (nSPS) is 17.5. The van der Waals surface area contributed by atoms with Gasteiger partial charge in [-0.05, 0) is 43.0 Å². The Hall–Kier alpha value is -1.69. The number of amides is 2. The van der Waals surface area contributed by atoms with Crippen molar-refractivity contribution in [2.75, 3.05) is 23.6 Å². The van der Waals surface area contributed by atoms with E-state index in [2.05, 4.69) is 5.32 Å². The molecule has 0 aromatic heterocycles. The minimum Gasteiger partial charge on any atom is -0.494 e. The van der Waals surface area contributed by atoms with Crippen LogP contribution >= 0.6 is 11.8 Å². The van der Waals surface area contributed by atoms with Crippen molar-refractivity contribution in [2.45, 2.75) is 47.1 Å². The van der Waals surface area contributed by atoms with E-state index >= 15 is 0 Å². The lowest BCUT2D eigenvalue weighted by Crippen LogP contribution is -2.45. The molecule has 6 heteroatoms. The lowest BCUT2D eigenvalue weighted by atomic mass is 9.91. The zero-order valence-electron chi connectivity index (χ0n) is 15.7. The molecule has 1 unspecified atom stereocenters. The lowest BCUT2D eigenvalue weighted by Gasteiger charge is -2.27. The summed E-state index contributed by atoms with van der Waals surface area (Å²) in [5.74, 6) is 1.95. The number of aryl methyl sites for hydroxylation is 1. The smallest absolute Gasteiger partial charge is 0.248 e. The van der Waals surface area contributed by atoms with Crippen LogP contribution in [0.4, 0.5) is 5.69 Å². The molecular formula is C19H28N2O3S. The summed E-state index contributed by atoms with van der Waals surface area (Å²) in [7, 11) is 0. The molecule has 1 aromatic carbocycles. The molecule has 1 heterocycles. The highest BCUT2D eigenvalue weighted by atomic mass is 32.2. The summed E-state index contributed by atoms with van der Waals surface area (Å²) in [5.41, 5.74) is 1.62. The predicted molar refractivity (Wildman–Crippen MR) is 103 cm³/mol. The highest BCUT2D eigenvalue weighted by Crippen LogP contribution is 2.28. The first-order valence-corrected chi connectivity index (χ1v) is 9.78. The van der Waals surface area contributed by atoms with Crippen LogP contribution in [0.5, 0.6) is 5.75 Å². The molecule has 1 fully saturated rings. The zero-order chi connectivity index (χ0) is 18.6. The zero-order valence-corrected chi connectivity index (χ0v) is 16.5. The largest absolute Gasteiger partial charge is 0.494 e. The third-order valence-electron chi connectivity index (χ3n) is 3.93. The highest BCUT2D eigenvalue weighted by molar-refractivity contribution is 7.99. The molecule has 1 aromatic rings. The molecule has 0 radical (unpaired) electrons. The van der Waals surface area contributed by atoms with E-state index in [4.69, 9.17) is 4.74 Å². The van der Waals surface area contributed by atoms with E-state index in [0.29, 0.717) is 24.7 Å². The number of thioether (sulfide) groups is 1. The average molecular weight is 365 g/mol. The van der Waals surface area contributed by atoms with Crippen LogP contribution in [0.15, 0.2) is 18.2 Å². The summed E-state index contributed by atoms with van der Waals surface area (Å²) >= 11 is 1.62. The average Bonchev–Trinajstić information content (AvgIpc) is 2.98. The van der Waals surface area contributed by atoms with Crippen molar-refractivity contribution in [3.05, 3.63) is 23.8 Å². The molecule has 1 aliphatic rings. The Balaban J connectivity index is 2.04. The SMILES string of the molecule is CCOc1ccc(NC(=O)C2CSCN2C(=O)CC(C)(C)C)cc1C. The fourth-order valence-corrected chi connectivity index (χ4v) is 3.91. The van der Waals surface area contributed by atoms with Crippen molar-refractivity contribution in [3.8, 4) is 5.75 Å².